The molecule has 5 nitrogen and oxygen atoms in total. The third-order valence-electron chi connectivity index (χ3n) is 2.27. The number of hydrogen-bond donors (Lipinski definition) is 2. The van der Waals surface area contributed by atoms with Crippen molar-refractivity contribution in [3.05, 3.63) is 34.3 Å². The SMILES string of the molecule is Cn1cc(NC(=O)c2csc(C#CCCO)c2)cn1. The summed E-state index contributed by atoms with van der Waals surface area (Å²) in [6.07, 6.45) is 3.76. The van der Waals surface area contributed by atoms with Crippen LogP contribution < -0.4 is 5.32 Å². The number of nitrogens with zero attached hydrogens (tertiary/aromatic N) is 2. The van der Waals surface area contributed by atoms with Gasteiger partial charge >= 0.3 is 0 Å². The normalized spacial score (nSPS) is 9.79. The maximum atomic E-state index is 11.9. The van der Waals surface area contributed by atoms with Crippen LogP contribution in [0.25, 0.3) is 0 Å². The monoisotopic (exact) mass is 275 g/mol. The highest BCUT2D eigenvalue weighted by Gasteiger charge is 2.09. The topological polar surface area (TPSA) is 67.2 Å². The minimum atomic E-state index is -0.181. The van der Waals surface area contributed by atoms with Crippen molar-refractivity contribution >= 4 is 22.9 Å². The average molecular weight is 275 g/mol. The Morgan fingerprint density at radius 3 is 3.16 bits per heavy atom. The minimum absolute atomic E-state index is 0.0483. The Balaban J connectivity index is 2.02. The van der Waals surface area contributed by atoms with Crippen LogP contribution in [0.1, 0.15) is 21.7 Å². The molecule has 0 aliphatic rings. The fraction of sp³-hybridized carbons (Fsp3) is 0.231. The van der Waals surface area contributed by atoms with Gasteiger partial charge in [0, 0.05) is 25.0 Å². The van der Waals surface area contributed by atoms with Gasteiger partial charge in [-0.25, -0.2) is 0 Å². The highest BCUT2D eigenvalue weighted by molar-refractivity contribution is 7.10. The summed E-state index contributed by atoms with van der Waals surface area (Å²) in [5.74, 6) is 5.54. The lowest BCUT2D eigenvalue weighted by atomic mass is 10.3. The van der Waals surface area contributed by atoms with E-state index in [0.717, 1.165) is 4.88 Å². The molecule has 2 rings (SSSR count). The Hall–Kier alpha value is -2.10. The zero-order valence-electron chi connectivity index (χ0n) is 10.4. The number of carbonyl (C=O) groups excluding carboxylic acids is 1. The number of aliphatic hydroxyl groups is 1. The van der Waals surface area contributed by atoms with Crippen molar-refractivity contribution in [3.8, 4) is 11.8 Å². The largest absolute Gasteiger partial charge is 0.395 e. The lowest BCUT2D eigenvalue weighted by Gasteiger charge is -1.98. The molecular formula is C13H13N3O2S. The Labute approximate surface area is 114 Å². The van der Waals surface area contributed by atoms with Crippen LogP contribution in [0.3, 0.4) is 0 Å². The van der Waals surface area contributed by atoms with Crippen LogP contribution >= 0.6 is 11.3 Å². The second-order valence-corrected chi connectivity index (χ2v) is 4.74. The van der Waals surface area contributed by atoms with Crippen molar-refractivity contribution in [2.75, 3.05) is 11.9 Å². The van der Waals surface area contributed by atoms with E-state index in [-0.39, 0.29) is 12.5 Å². The van der Waals surface area contributed by atoms with Crippen LogP contribution in [-0.4, -0.2) is 27.4 Å². The zero-order chi connectivity index (χ0) is 13.7. The molecule has 0 saturated carbocycles. The molecule has 2 aromatic heterocycles. The summed E-state index contributed by atoms with van der Waals surface area (Å²) < 4.78 is 1.62. The molecule has 98 valence electrons. The Morgan fingerprint density at radius 2 is 2.47 bits per heavy atom. The first kappa shape index (κ1) is 13.3. The Morgan fingerprint density at radius 1 is 1.63 bits per heavy atom. The van der Waals surface area contributed by atoms with Crippen molar-refractivity contribution < 1.29 is 9.90 Å². The fourth-order valence-corrected chi connectivity index (χ4v) is 2.17. The van der Waals surface area contributed by atoms with Gasteiger partial charge < -0.3 is 10.4 Å². The van der Waals surface area contributed by atoms with Gasteiger partial charge in [0.1, 0.15) is 0 Å². The van der Waals surface area contributed by atoms with Gasteiger partial charge in [-0.1, -0.05) is 11.8 Å². The van der Waals surface area contributed by atoms with Crippen LogP contribution in [0.2, 0.25) is 0 Å². The lowest BCUT2D eigenvalue weighted by molar-refractivity contribution is 0.102. The predicted octanol–water partition coefficient (Wildman–Crippen LogP) is 1.47. The first-order valence-corrected chi connectivity index (χ1v) is 6.55. The number of anilines is 1. The molecule has 2 aromatic rings. The molecule has 19 heavy (non-hydrogen) atoms. The van der Waals surface area contributed by atoms with Crippen LogP contribution in [0, 0.1) is 11.8 Å². The summed E-state index contributed by atoms with van der Waals surface area (Å²) in [6, 6.07) is 1.74. The van der Waals surface area contributed by atoms with Gasteiger partial charge in [-0.15, -0.1) is 11.3 Å². The molecule has 0 bridgehead atoms. The molecule has 0 atom stereocenters. The van der Waals surface area contributed by atoms with Crippen LogP contribution in [0.4, 0.5) is 5.69 Å². The van der Waals surface area contributed by atoms with Crippen LogP contribution in [-0.2, 0) is 7.05 Å². The molecule has 6 heteroatoms. The van der Waals surface area contributed by atoms with Gasteiger partial charge in [0.15, 0.2) is 0 Å². The van der Waals surface area contributed by atoms with Gasteiger partial charge in [0.2, 0.25) is 0 Å². The number of amides is 1. The third kappa shape index (κ3) is 3.68. The quantitative estimate of drug-likeness (QED) is 0.834. The molecular weight excluding hydrogens is 262 g/mol. The number of aromatic nitrogens is 2. The van der Waals surface area contributed by atoms with Crippen LogP contribution in [0.15, 0.2) is 23.8 Å². The molecule has 0 aliphatic carbocycles. The first-order valence-electron chi connectivity index (χ1n) is 5.67. The van der Waals surface area contributed by atoms with E-state index in [1.807, 2.05) is 0 Å². The van der Waals surface area contributed by atoms with Gasteiger partial charge in [0.25, 0.3) is 5.91 Å². The number of nitrogens with one attached hydrogen (secondary N) is 1. The molecule has 0 radical (unpaired) electrons. The zero-order valence-corrected chi connectivity index (χ0v) is 11.2. The van der Waals surface area contributed by atoms with E-state index in [1.54, 1.807) is 35.6 Å². The number of aryl methyl sites for hydroxylation is 1. The lowest BCUT2D eigenvalue weighted by Crippen LogP contribution is -2.10. The van der Waals surface area contributed by atoms with Gasteiger partial charge in [-0.3, -0.25) is 9.48 Å². The van der Waals surface area contributed by atoms with Crippen LogP contribution in [0.5, 0.6) is 0 Å². The molecule has 2 heterocycles. The summed E-state index contributed by atoms with van der Waals surface area (Å²) in [6.45, 7) is 0.0483. The predicted molar refractivity (Wildman–Crippen MR) is 74.1 cm³/mol. The van der Waals surface area contributed by atoms with E-state index < -0.39 is 0 Å². The number of rotatable bonds is 3. The van der Waals surface area contributed by atoms with Crippen molar-refractivity contribution in [2.24, 2.45) is 7.05 Å². The highest BCUT2D eigenvalue weighted by atomic mass is 32.1. The van der Waals surface area contributed by atoms with E-state index in [9.17, 15) is 4.79 Å². The maximum Gasteiger partial charge on any atom is 0.256 e. The van der Waals surface area contributed by atoms with Crippen molar-refractivity contribution in [3.63, 3.8) is 0 Å². The second kappa shape index (κ2) is 6.18. The average Bonchev–Trinajstić information content (AvgIpc) is 2.99. The fourth-order valence-electron chi connectivity index (χ4n) is 1.42. The van der Waals surface area contributed by atoms with E-state index in [0.29, 0.717) is 17.7 Å². The van der Waals surface area contributed by atoms with Crippen molar-refractivity contribution in [2.45, 2.75) is 6.42 Å². The van der Waals surface area contributed by atoms with Gasteiger partial charge in [0.05, 0.1) is 28.9 Å². The molecule has 0 saturated heterocycles. The molecule has 0 aromatic carbocycles. The standard InChI is InChI=1S/C13H13N3O2S/c1-16-8-11(7-14-16)15-13(18)10-6-12(19-9-10)4-2-3-5-17/h6-9,17H,3,5H2,1H3,(H,15,18). The summed E-state index contributed by atoms with van der Waals surface area (Å²) in [4.78, 5) is 12.7. The minimum Gasteiger partial charge on any atom is -0.395 e. The number of hydrogen-bond acceptors (Lipinski definition) is 4. The van der Waals surface area contributed by atoms with Crippen molar-refractivity contribution in [1.29, 1.82) is 0 Å². The van der Waals surface area contributed by atoms with E-state index in [2.05, 4.69) is 22.3 Å². The first-order chi connectivity index (χ1) is 9.19. The maximum absolute atomic E-state index is 11.9. The molecule has 1 amide bonds. The van der Waals surface area contributed by atoms with Crippen molar-refractivity contribution in [1.82, 2.24) is 9.78 Å². The number of thiophene rings is 1. The summed E-state index contributed by atoms with van der Waals surface area (Å²) in [5, 5.41) is 17.1. The second-order valence-electron chi connectivity index (χ2n) is 3.83. The summed E-state index contributed by atoms with van der Waals surface area (Å²) >= 11 is 1.41. The van der Waals surface area contributed by atoms with Gasteiger partial charge in [-0.05, 0) is 6.07 Å². The number of carbonyl (C=O) groups is 1. The molecule has 2 N–H and O–H groups in total. The van der Waals surface area contributed by atoms with E-state index in [1.165, 1.54) is 11.3 Å². The molecule has 0 spiro atoms. The summed E-state index contributed by atoms with van der Waals surface area (Å²) in [7, 11) is 1.79. The van der Waals surface area contributed by atoms with E-state index in [4.69, 9.17) is 5.11 Å². The molecule has 0 unspecified atom stereocenters. The highest BCUT2D eigenvalue weighted by Crippen LogP contribution is 2.15. The van der Waals surface area contributed by atoms with Gasteiger partial charge in [-0.2, -0.15) is 5.10 Å². The number of aliphatic hydroxyl groups excluding tert-OH is 1. The Kier molecular flexibility index (Phi) is 4.34. The third-order valence-corrected chi connectivity index (χ3v) is 3.12. The molecule has 0 fully saturated rings. The van der Waals surface area contributed by atoms with E-state index >= 15 is 0 Å². The summed E-state index contributed by atoms with van der Waals surface area (Å²) in [5.41, 5.74) is 1.23. The Bertz CT molecular complexity index is 634. The molecule has 0 aliphatic heterocycles. The smallest absolute Gasteiger partial charge is 0.256 e.